The Morgan fingerprint density at radius 2 is 2.15 bits per heavy atom. The molecular weight excluding hydrogens is 348 g/mol. The Balaban J connectivity index is 2.17. The van der Waals surface area contributed by atoms with Crippen LogP contribution in [0.1, 0.15) is 10.4 Å². The monoisotopic (exact) mass is 358 g/mol. The molecule has 20 heavy (non-hydrogen) atoms. The molecule has 0 saturated heterocycles. The molecule has 0 bridgehead atoms. The van der Waals surface area contributed by atoms with Crippen molar-refractivity contribution in [3.05, 3.63) is 46.7 Å². The molecule has 2 aromatic rings. The molecule has 0 radical (unpaired) electrons. The van der Waals surface area contributed by atoms with E-state index in [2.05, 4.69) is 21.0 Å². The topological polar surface area (TPSA) is 89.3 Å². The molecule has 0 saturated carbocycles. The minimum Gasteiger partial charge on any atom is -0.478 e. The number of hydrogen-bond acceptors (Lipinski definition) is 4. The Bertz CT molecular complexity index is 739. The molecule has 8 heteroatoms. The van der Waals surface area contributed by atoms with E-state index in [0.29, 0.717) is 0 Å². The van der Waals surface area contributed by atoms with E-state index in [1.807, 2.05) is 0 Å². The first-order valence-electron chi connectivity index (χ1n) is 5.62. The largest absolute Gasteiger partial charge is 0.478 e. The Kier molecular flexibility index (Phi) is 4.24. The van der Waals surface area contributed by atoms with Crippen LogP contribution in [0, 0.1) is 0 Å². The predicted octanol–water partition coefficient (Wildman–Crippen LogP) is 1.82. The summed E-state index contributed by atoms with van der Waals surface area (Å²) in [6.45, 7) is 0.200. The summed E-state index contributed by atoms with van der Waals surface area (Å²) in [5.74, 6) is -1.30. The zero-order valence-corrected chi connectivity index (χ0v) is 12.6. The molecule has 0 aliphatic carbocycles. The summed E-state index contributed by atoms with van der Waals surface area (Å²) in [6.07, 6.45) is 3.24. The zero-order valence-electron chi connectivity index (χ0n) is 10.2. The minimum absolute atomic E-state index is 0.00335. The highest BCUT2D eigenvalue weighted by molar-refractivity contribution is 9.10. The van der Waals surface area contributed by atoms with Gasteiger partial charge >= 0.3 is 5.97 Å². The van der Waals surface area contributed by atoms with Gasteiger partial charge in [-0.1, -0.05) is 6.07 Å². The molecular formula is C12H11BrN2O4S. The van der Waals surface area contributed by atoms with Crippen molar-refractivity contribution >= 4 is 31.7 Å². The lowest BCUT2D eigenvalue weighted by atomic mass is 10.2. The number of rotatable bonds is 5. The highest BCUT2D eigenvalue weighted by Crippen LogP contribution is 2.14. The number of aryl methyl sites for hydroxylation is 1. The van der Waals surface area contributed by atoms with E-state index in [-0.39, 0.29) is 22.8 Å². The van der Waals surface area contributed by atoms with Gasteiger partial charge in [0.25, 0.3) is 0 Å². The molecule has 106 valence electrons. The third-order valence-electron chi connectivity index (χ3n) is 2.63. The van der Waals surface area contributed by atoms with Crippen molar-refractivity contribution in [2.75, 3.05) is 5.75 Å². The number of benzene rings is 1. The van der Waals surface area contributed by atoms with Crippen LogP contribution in [0.25, 0.3) is 0 Å². The lowest BCUT2D eigenvalue weighted by Crippen LogP contribution is -2.14. The second-order valence-electron chi connectivity index (χ2n) is 4.07. The van der Waals surface area contributed by atoms with E-state index in [4.69, 9.17) is 5.11 Å². The molecule has 2 rings (SSSR count). The molecule has 1 aromatic carbocycles. The maximum atomic E-state index is 12.1. The average Bonchev–Trinajstić information content (AvgIpc) is 2.82. The molecule has 0 spiro atoms. The Morgan fingerprint density at radius 1 is 1.40 bits per heavy atom. The number of aromatic nitrogens is 2. The van der Waals surface area contributed by atoms with Crippen LogP contribution in [0.15, 0.2) is 46.0 Å². The number of carbonyl (C=O) groups is 1. The summed E-state index contributed by atoms with van der Waals surface area (Å²) in [5.41, 5.74) is -0.0482. The first-order valence-corrected chi connectivity index (χ1v) is 8.07. The number of carboxylic acid groups (broad SMARTS) is 1. The average molecular weight is 359 g/mol. The van der Waals surface area contributed by atoms with E-state index in [0.717, 1.165) is 10.5 Å². The summed E-state index contributed by atoms with van der Waals surface area (Å²) in [6, 6.07) is 5.32. The van der Waals surface area contributed by atoms with Crippen LogP contribution in [0.2, 0.25) is 0 Å². The molecule has 0 amide bonds. The van der Waals surface area contributed by atoms with Gasteiger partial charge in [-0.3, -0.25) is 4.68 Å². The summed E-state index contributed by atoms with van der Waals surface area (Å²) in [4.78, 5) is 10.9. The highest BCUT2D eigenvalue weighted by atomic mass is 79.9. The van der Waals surface area contributed by atoms with Crippen LogP contribution in [0.4, 0.5) is 0 Å². The molecule has 1 aromatic heterocycles. The van der Waals surface area contributed by atoms with Gasteiger partial charge in [0.2, 0.25) is 0 Å². The van der Waals surface area contributed by atoms with E-state index in [1.165, 1.54) is 22.9 Å². The van der Waals surface area contributed by atoms with Crippen LogP contribution in [0.5, 0.6) is 0 Å². The number of hydrogen-bond donors (Lipinski definition) is 1. The van der Waals surface area contributed by atoms with Gasteiger partial charge in [0.05, 0.1) is 33.4 Å². The Labute approximate surface area is 124 Å². The summed E-state index contributed by atoms with van der Waals surface area (Å²) in [7, 11) is -3.54. The quantitative estimate of drug-likeness (QED) is 0.880. The lowest BCUT2D eigenvalue weighted by Gasteiger charge is -2.05. The molecule has 0 fully saturated rings. The minimum atomic E-state index is -3.54. The van der Waals surface area contributed by atoms with Gasteiger partial charge in [0, 0.05) is 6.20 Å². The summed E-state index contributed by atoms with van der Waals surface area (Å²) < 4.78 is 26.6. The molecule has 0 aliphatic rings. The fraction of sp³-hybridized carbons (Fsp3) is 0.167. The van der Waals surface area contributed by atoms with Gasteiger partial charge < -0.3 is 5.11 Å². The van der Waals surface area contributed by atoms with Crippen LogP contribution < -0.4 is 0 Å². The first kappa shape index (κ1) is 14.7. The van der Waals surface area contributed by atoms with Gasteiger partial charge in [-0.2, -0.15) is 5.10 Å². The number of nitrogens with zero attached hydrogens (tertiary/aromatic N) is 2. The highest BCUT2D eigenvalue weighted by Gasteiger charge is 2.16. The first-order chi connectivity index (χ1) is 9.38. The van der Waals surface area contributed by atoms with Crippen LogP contribution in [-0.2, 0) is 16.4 Å². The van der Waals surface area contributed by atoms with E-state index in [1.54, 1.807) is 12.4 Å². The lowest BCUT2D eigenvalue weighted by molar-refractivity contribution is 0.0696. The van der Waals surface area contributed by atoms with Crippen molar-refractivity contribution < 1.29 is 18.3 Å². The Hall–Kier alpha value is -1.67. The maximum Gasteiger partial charge on any atom is 0.335 e. The van der Waals surface area contributed by atoms with Gasteiger partial charge in [-0.05, 0) is 34.1 Å². The third kappa shape index (κ3) is 3.45. The van der Waals surface area contributed by atoms with Crippen molar-refractivity contribution in [2.45, 2.75) is 11.4 Å². The van der Waals surface area contributed by atoms with Crippen LogP contribution >= 0.6 is 15.9 Å². The molecule has 0 atom stereocenters. The summed E-state index contributed by atoms with van der Waals surface area (Å²) >= 11 is 3.22. The van der Waals surface area contributed by atoms with Gasteiger partial charge in [0.1, 0.15) is 0 Å². The van der Waals surface area contributed by atoms with Crippen molar-refractivity contribution in [1.82, 2.24) is 9.78 Å². The molecule has 0 unspecified atom stereocenters. The van der Waals surface area contributed by atoms with E-state index >= 15 is 0 Å². The van der Waals surface area contributed by atoms with Gasteiger partial charge in [0.15, 0.2) is 9.84 Å². The number of halogens is 1. The summed E-state index contributed by atoms with van der Waals surface area (Å²) in [5, 5.41) is 12.8. The second kappa shape index (κ2) is 5.76. The maximum absolute atomic E-state index is 12.1. The number of carboxylic acids is 1. The number of aromatic carboxylic acids is 1. The standard InChI is InChI=1S/C12H11BrN2O4S/c13-10-7-14-15(8-10)4-5-20(18,19)11-3-1-2-9(6-11)12(16)17/h1-3,6-8H,4-5H2,(H,16,17). The molecule has 1 N–H and O–H groups in total. The fourth-order valence-corrected chi connectivity index (χ4v) is 3.20. The normalized spacial score (nSPS) is 11.4. The van der Waals surface area contributed by atoms with Crippen LogP contribution in [-0.4, -0.2) is 35.0 Å². The van der Waals surface area contributed by atoms with Crippen molar-refractivity contribution in [3.8, 4) is 0 Å². The van der Waals surface area contributed by atoms with Crippen molar-refractivity contribution in [2.24, 2.45) is 0 Å². The molecule has 6 nitrogen and oxygen atoms in total. The third-order valence-corrected chi connectivity index (χ3v) is 4.73. The van der Waals surface area contributed by atoms with E-state index < -0.39 is 15.8 Å². The van der Waals surface area contributed by atoms with Crippen molar-refractivity contribution in [3.63, 3.8) is 0 Å². The smallest absolute Gasteiger partial charge is 0.335 e. The second-order valence-corrected chi connectivity index (χ2v) is 7.10. The van der Waals surface area contributed by atoms with E-state index in [9.17, 15) is 13.2 Å². The Morgan fingerprint density at radius 3 is 2.75 bits per heavy atom. The zero-order chi connectivity index (χ0) is 14.8. The fourth-order valence-electron chi connectivity index (χ4n) is 1.61. The number of sulfone groups is 1. The van der Waals surface area contributed by atoms with Gasteiger partial charge in [-0.25, -0.2) is 13.2 Å². The molecule has 0 aliphatic heterocycles. The SMILES string of the molecule is O=C(O)c1cccc(S(=O)(=O)CCn2cc(Br)cn2)c1. The van der Waals surface area contributed by atoms with Crippen LogP contribution in [0.3, 0.4) is 0 Å². The molecule has 1 heterocycles. The van der Waals surface area contributed by atoms with Crippen molar-refractivity contribution in [1.29, 1.82) is 0 Å². The predicted molar refractivity (Wildman–Crippen MR) is 75.4 cm³/mol. The van der Waals surface area contributed by atoms with Gasteiger partial charge in [-0.15, -0.1) is 0 Å².